The lowest BCUT2D eigenvalue weighted by Crippen LogP contribution is -2.34. The van der Waals surface area contributed by atoms with E-state index in [4.69, 9.17) is 10.5 Å². The fraction of sp³-hybridized carbons (Fsp3) is 0.385. The second-order valence-electron chi connectivity index (χ2n) is 4.38. The summed E-state index contributed by atoms with van der Waals surface area (Å²) in [6.07, 6.45) is 0.976. The molecular formula is C13H18N2O2S. The number of amides is 1. The van der Waals surface area contributed by atoms with Crippen LogP contribution in [0.25, 0.3) is 0 Å². The molecule has 1 aromatic rings. The van der Waals surface area contributed by atoms with Crippen LogP contribution in [-0.2, 0) is 0 Å². The van der Waals surface area contributed by atoms with Crippen LogP contribution < -0.4 is 15.8 Å². The number of hydrogen-bond acceptors (Lipinski definition) is 3. The van der Waals surface area contributed by atoms with Gasteiger partial charge >= 0.3 is 0 Å². The number of carbonyl (C=O) groups excluding carboxylic acids is 1. The average molecular weight is 266 g/mol. The van der Waals surface area contributed by atoms with E-state index in [0.29, 0.717) is 23.8 Å². The number of thiocarbonyl (C=S) groups is 1. The van der Waals surface area contributed by atoms with Gasteiger partial charge in [0.15, 0.2) is 5.11 Å². The number of nitrogens with two attached hydrogens (primary N) is 1. The number of rotatable bonds is 5. The van der Waals surface area contributed by atoms with Crippen LogP contribution in [-0.4, -0.2) is 17.6 Å². The van der Waals surface area contributed by atoms with Crippen molar-refractivity contribution in [3.63, 3.8) is 0 Å². The van der Waals surface area contributed by atoms with Crippen molar-refractivity contribution in [3.8, 4) is 5.75 Å². The van der Waals surface area contributed by atoms with E-state index in [1.54, 1.807) is 18.2 Å². The molecule has 0 bridgehead atoms. The minimum atomic E-state index is -0.322. The first-order valence-corrected chi connectivity index (χ1v) is 6.23. The van der Waals surface area contributed by atoms with Crippen molar-refractivity contribution in [2.45, 2.75) is 20.3 Å². The molecule has 0 radical (unpaired) electrons. The predicted octanol–water partition coefficient (Wildman–Crippen LogP) is 2.08. The molecule has 0 aliphatic heterocycles. The molecule has 0 saturated carbocycles. The van der Waals surface area contributed by atoms with Crippen LogP contribution in [0.15, 0.2) is 24.3 Å². The summed E-state index contributed by atoms with van der Waals surface area (Å²) in [5.41, 5.74) is 5.73. The third-order valence-electron chi connectivity index (χ3n) is 2.30. The number of hydrogen-bond donors (Lipinski definition) is 2. The van der Waals surface area contributed by atoms with Gasteiger partial charge in [-0.1, -0.05) is 19.9 Å². The average Bonchev–Trinajstić information content (AvgIpc) is 2.28. The highest BCUT2D eigenvalue weighted by molar-refractivity contribution is 7.80. The smallest absolute Gasteiger partial charge is 0.257 e. The highest BCUT2D eigenvalue weighted by Gasteiger charge is 2.07. The Morgan fingerprint density at radius 2 is 2.22 bits per heavy atom. The number of ether oxygens (including phenoxy) is 1. The van der Waals surface area contributed by atoms with Crippen molar-refractivity contribution in [2.75, 3.05) is 6.61 Å². The van der Waals surface area contributed by atoms with E-state index in [0.717, 1.165) is 6.42 Å². The maximum atomic E-state index is 11.7. The fourth-order valence-corrected chi connectivity index (χ4v) is 1.42. The Morgan fingerprint density at radius 1 is 1.50 bits per heavy atom. The summed E-state index contributed by atoms with van der Waals surface area (Å²) >= 11 is 4.62. The van der Waals surface area contributed by atoms with Gasteiger partial charge in [0.25, 0.3) is 5.91 Å². The lowest BCUT2D eigenvalue weighted by Gasteiger charge is -2.09. The number of nitrogens with one attached hydrogen (secondary N) is 1. The van der Waals surface area contributed by atoms with Crippen LogP contribution in [0.3, 0.4) is 0 Å². The van der Waals surface area contributed by atoms with Gasteiger partial charge in [-0.3, -0.25) is 10.1 Å². The maximum absolute atomic E-state index is 11.7. The molecule has 98 valence electrons. The van der Waals surface area contributed by atoms with Crippen LogP contribution in [0, 0.1) is 5.92 Å². The van der Waals surface area contributed by atoms with Gasteiger partial charge in [0.1, 0.15) is 5.75 Å². The Bertz CT molecular complexity index is 433. The molecule has 3 N–H and O–H groups in total. The molecular weight excluding hydrogens is 248 g/mol. The molecule has 1 amide bonds. The summed E-state index contributed by atoms with van der Waals surface area (Å²) in [7, 11) is 0. The van der Waals surface area contributed by atoms with Gasteiger partial charge in [0, 0.05) is 5.56 Å². The monoisotopic (exact) mass is 266 g/mol. The van der Waals surface area contributed by atoms with Crippen molar-refractivity contribution in [2.24, 2.45) is 11.7 Å². The lowest BCUT2D eigenvalue weighted by molar-refractivity contribution is 0.0977. The van der Waals surface area contributed by atoms with Crippen molar-refractivity contribution < 1.29 is 9.53 Å². The molecule has 0 aliphatic rings. The first kappa shape index (κ1) is 14.4. The van der Waals surface area contributed by atoms with E-state index in [9.17, 15) is 4.79 Å². The van der Waals surface area contributed by atoms with Crippen molar-refractivity contribution >= 4 is 23.2 Å². The van der Waals surface area contributed by atoms with Gasteiger partial charge in [-0.15, -0.1) is 0 Å². The zero-order valence-electron chi connectivity index (χ0n) is 10.6. The SMILES string of the molecule is CC(C)CCOc1cccc(C(=O)NC(N)=S)c1. The number of carbonyl (C=O) groups is 1. The topological polar surface area (TPSA) is 64.3 Å². The lowest BCUT2D eigenvalue weighted by atomic mass is 10.1. The maximum Gasteiger partial charge on any atom is 0.257 e. The molecule has 5 heteroatoms. The molecule has 1 rings (SSSR count). The minimum Gasteiger partial charge on any atom is -0.494 e. The van der Waals surface area contributed by atoms with Gasteiger partial charge in [-0.05, 0) is 42.8 Å². The summed E-state index contributed by atoms with van der Waals surface area (Å²) in [6, 6.07) is 6.94. The van der Waals surface area contributed by atoms with E-state index in [-0.39, 0.29) is 11.0 Å². The molecule has 18 heavy (non-hydrogen) atoms. The van der Waals surface area contributed by atoms with Crippen LogP contribution in [0.4, 0.5) is 0 Å². The van der Waals surface area contributed by atoms with E-state index in [1.807, 2.05) is 6.07 Å². The van der Waals surface area contributed by atoms with Crippen molar-refractivity contribution in [1.82, 2.24) is 5.32 Å². The zero-order valence-corrected chi connectivity index (χ0v) is 11.4. The molecule has 0 saturated heterocycles. The van der Waals surface area contributed by atoms with Gasteiger partial charge in [0.05, 0.1) is 6.61 Å². The van der Waals surface area contributed by atoms with Crippen LogP contribution >= 0.6 is 12.2 Å². The molecule has 0 fully saturated rings. The highest BCUT2D eigenvalue weighted by atomic mass is 32.1. The molecule has 0 aromatic heterocycles. The van der Waals surface area contributed by atoms with Gasteiger partial charge in [-0.2, -0.15) is 0 Å². The Hall–Kier alpha value is -1.62. The molecule has 0 heterocycles. The predicted molar refractivity (Wildman–Crippen MR) is 75.6 cm³/mol. The van der Waals surface area contributed by atoms with Gasteiger partial charge in [-0.25, -0.2) is 0 Å². The summed E-state index contributed by atoms with van der Waals surface area (Å²) in [4.78, 5) is 11.7. The Kier molecular flexibility index (Phi) is 5.58. The van der Waals surface area contributed by atoms with Crippen LogP contribution in [0.1, 0.15) is 30.6 Å². The normalized spacial score (nSPS) is 10.2. The first-order chi connectivity index (χ1) is 8.49. The largest absolute Gasteiger partial charge is 0.494 e. The van der Waals surface area contributed by atoms with E-state index in [2.05, 4.69) is 31.4 Å². The molecule has 0 atom stereocenters. The highest BCUT2D eigenvalue weighted by Crippen LogP contribution is 2.14. The molecule has 1 aromatic carbocycles. The standard InChI is InChI=1S/C13H18N2O2S/c1-9(2)6-7-17-11-5-3-4-10(8-11)12(16)15-13(14)18/h3-5,8-9H,6-7H2,1-2H3,(H3,14,15,16,18). The van der Waals surface area contributed by atoms with Crippen LogP contribution in [0.5, 0.6) is 5.75 Å². The number of benzene rings is 1. The summed E-state index contributed by atoms with van der Waals surface area (Å²) < 4.78 is 5.57. The second-order valence-corrected chi connectivity index (χ2v) is 4.82. The fourth-order valence-electron chi connectivity index (χ4n) is 1.32. The molecule has 0 spiro atoms. The van der Waals surface area contributed by atoms with E-state index in [1.165, 1.54) is 0 Å². The first-order valence-electron chi connectivity index (χ1n) is 5.82. The Morgan fingerprint density at radius 3 is 2.83 bits per heavy atom. The third kappa shape index (κ3) is 5.14. The van der Waals surface area contributed by atoms with Crippen molar-refractivity contribution in [3.05, 3.63) is 29.8 Å². The minimum absolute atomic E-state index is 0.0360. The summed E-state index contributed by atoms with van der Waals surface area (Å²) in [5, 5.41) is 2.34. The molecule has 4 nitrogen and oxygen atoms in total. The second kappa shape index (κ2) is 6.96. The summed E-state index contributed by atoms with van der Waals surface area (Å²) in [5.74, 6) is 0.939. The third-order valence-corrected chi connectivity index (χ3v) is 2.40. The van der Waals surface area contributed by atoms with E-state index < -0.39 is 0 Å². The molecule has 0 aliphatic carbocycles. The van der Waals surface area contributed by atoms with Crippen molar-refractivity contribution in [1.29, 1.82) is 0 Å². The zero-order chi connectivity index (χ0) is 13.5. The quantitative estimate of drug-likeness (QED) is 0.801. The van der Waals surface area contributed by atoms with Gasteiger partial charge < -0.3 is 10.5 Å². The Balaban J connectivity index is 2.61. The summed E-state index contributed by atoms with van der Waals surface area (Å²) in [6.45, 7) is 4.91. The van der Waals surface area contributed by atoms with Crippen LogP contribution in [0.2, 0.25) is 0 Å². The molecule has 0 unspecified atom stereocenters. The Labute approximate surface area is 113 Å². The van der Waals surface area contributed by atoms with Gasteiger partial charge in [0.2, 0.25) is 0 Å². The van der Waals surface area contributed by atoms with E-state index >= 15 is 0 Å².